The number of carbonyl (C=O) groups excluding carboxylic acids is 2. The van der Waals surface area contributed by atoms with Crippen LogP contribution in [-0.4, -0.2) is 17.5 Å². The van der Waals surface area contributed by atoms with E-state index < -0.39 is 5.97 Å². The maximum absolute atomic E-state index is 13.3. The van der Waals surface area contributed by atoms with Gasteiger partial charge in [-0.1, -0.05) is 101 Å². The second kappa shape index (κ2) is 13.7. The van der Waals surface area contributed by atoms with E-state index in [0.717, 1.165) is 62.6 Å². The lowest BCUT2D eigenvalue weighted by Crippen LogP contribution is -2.26. The zero-order chi connectivity index (χ0) is 29.5. The topological polar surface area (TPSA) is 68.9 Å². The normalized spacial score (nSPS) is 16.2. The highest BCUT2D eigenvalue weighted by Gasteiger charge is 2.43. The van der Waals surface area contributed by atoms with E-state index in [1.807, 2.05) is 6.07 Å². The van der Waals surface area contributed by atoms with Crippen LogP contribution in [0.2, 0.25) is 0 Å². The summed E-state index contributed by atoms with van der Waals surface area (Å²) < 4.78 is 5.46. The van der Waals surface area contributed by atoms with Gasteiger partial charge in [-0.3, -0.25) is 4.79 Å². The van der Waals surface area contributed by atoms with Gasteiger partial charge in [0.15, 0.2) is 5.76 Å². The SMILES string of the molecule is CCCCC1(CCCC)c2cc(C(=O)c3ccco3)ccc2-c2ccc(/C(CCC3CCCCC3)=N\OC(C)=O)cc21. The molecule has 0 N–H and O–H groups in total. The van der Waals surface area contributed by atoms with Crippen molar-refractivity contribution in [2.45, 2.75) is 110 Å². The van der Waals surface area contributed by atoms with Gasteiger partial charge in [0, 0.05) is 17.9 Å². The fourth-order valence-electron chi connectivity index (χ4n) is 7.17. The lowest BCUT2D eigenvalue weighted by molar-refractivity contribution is -0.140. The number of hydrogen-bond donors (Lipinski definition) is 0. The van der Waals surface area contributed by atoms with Crippen LogP contribution in [0.15, 0.2) is 64.4 Å². The minimum Gasteiger partial charge on any atom is -0.461 e. The molecular weight excluding hydrogens is 522 g/mol. The zero-order valence-electron chi connectivity index (χ0n) is 25.5. The molecule has 0 unspecified atom stereocenters. The predicted molar refractivity (Wildman–Crippen MR) is 168 cm³/mol. The number of oxime groups is 1. The second-order valence-corrected chi connectivity index (χ2v) is 12.3. The highest BCUT2D eigenvalue weighted by molar-refractivity contribution is 6.08. The third kappa shape index (κ3) is 6.30. The van der Waals surface area contributed by atoms with Crippen LogP contribution in [0.5, 0.6) is 0 Å². The van der Waals surface area contributed by atoms with Crippen LogP contribution < -0.4 is 0 Å². The molecule has 1 aromatic heterocycles. The number of furan rings is 1. The fourth-order valence-corrected chi connectivity index (χ4v) is 7.17. The maximum Gasteiger partial charge on any atom is 0.331 e. The summed E-state index contributed by atoms with van der Waals surface area (Å²) in [6.45, 7) is 5.89. The molecule has 0 aliphatic heterocycles. The predicted octanol–water partition coefficient (Wildman–Crippen LogP) is 9.79. The summed E-state index contributed by atoms with van der Waals surface area (Å²) in [6, 6.07) is 16.4. The summed E-state index contributed by atoms with van der Waals surface area (Å²) in [5, 5.41) is 4.40. The first-order valence-corrected chi connectivity index (χ1v) is 16.1. The van der Waals surface area contributed by atoms with Gasteiger partial charge in [0.25, 0.3) is 0 Å². The zero-order valence-corrected chi connectivity index (χ0v) is 25.5. The second-order valence-electron chi connectivity index (χ2n) is 12.3. The Hall–Kier alpha value is -3.47. The molecule has 2 aromatic carbocycles. The highest BCUT2D eigenvalue weighted by atomic mass is 16.7. The van der Waals surface area contributed by atoms with E-state index in [9.17, 15) is 9.59 Å². The van der Waals surface area contributed by atoms with Crippen LogP contribution in [0.1, 0.15) is 137 Å². The van der Waals surface area contributed by atoms with Gasteiger partial charge in [0.1, 0.15) is 0 Å². The van der Waals surface area contributed by atoms with Crippen LogP contribution in [0.4, 0.5) is 0 Å². The maximum atomic E-state index is 13.3. The summed E-state index contributed by atoms with van der Waals surface area (Å²) in [6.07, 6.45) is 16.3. The quantitative estimate of drug-likeness (QED) is 0.0892. The molecule has 0 radical (unpaired) electrons. The molecule has 1 saturated carbocycles. The summed E-state index contributed by atoms with van der Waals surface area (Å²) in [4.78, 5) is 30.4. The van der Waals surface area contributed by atoms with E-state index in [4.69, 9.17) is 9.25 Å². The third-order valence-corrected chi connectivity index (χ3v) is 9.41. The highest BCUT2D eigenvalue weighted by Crippen LogP contribution is 2.54. The molecule has 0 spiro atoms. The first kappa shape index (κ1) is 30.0. The summed E-state index contributed by atoms with van der Waals surface area (Å²) in [5.74, 6) is 0.591. The van der Waals surface area contributed by atoms with Crippen LogP contribution in [0, 0.1) is 5.92 Å². The van der Waals surface area contributed by atoms with Crippen molar-refractivity contribution in [1.82, 2.24) is 0 Å². The van der Waals surface area contributed by atoms with Gasteiger partial charge in [-0.05, 0) is 83.7 Å². The lowest BCUT2D eigenvalue weighted by atomic mass is 9.70. The van der Waals surface area contributed by atoms with Gasteiger partial charge in [0.2, 0.25) is 5.78 Å². The van der Waals surface area contributed by atoms with E-state index in [2.05, 4.69) is 49.3 Å². The summed E-state index contributed by atoms with van der Waals surface area (Å²) in [7, 11) is 0. The van der Waals surface area contributed by atoms with Crippen molar-refractivity contribution in [3.05, 3.63) is 82.8 Å². The van der Waals surface area contributed by atoms with Crippen LogP contribution in [0.25, 0.3) is 11.1 Å². The molecule has 5 heteroatoms. The summed E-state index contributed by atoms with van der Waals surface area (Å²) in [5.41, 5.74) is 7.35. The number of ketones is 1. The van der Waals surface area contributed by atoms with Gasteiger partial charge in [-0.25, -0.2) is 4.79 Å². The van der Waals surface area contributed by atoms with Crippen LogP contribution >= 0.6 is 0 Å². The largest absolute Gasteiger partial charge is 0.461 e. The average Bonchev–Trinajstić information content (AvgIpc) is 3.64. The number of unbranched alkanes of at least 4 members (excludes halogenated alkanes) is 2. The van der Waals surface area contributed by atoms with Gasteiger partial charge < -0.3 is 9.25 Å². The first-order chi connectivity index (χ1) is 20.5. The number of fused-ring (bicyclic) bond motifs is 3. The number of nitrogens with zero attached hydrogens (tertiary/aromatic N) is 1. The smallest absolute Gasteiger partial charge is 0.331 e. The van der Waals surface area contributed by atoms with Crippen molar-refractivity contribution < 1.29 is 18.8 Å². The van der Waals surface area contributed by atoms with Crippen molar-refractivity contribution in [2.75, 3.05) is 0 Å². The van der Waals surface area contributed by atoms with Gasteiger partial charge >= 0.3 is 5.97 Å². The van der Waals surface area contributed by atoms with Crippen molar-refractivity contribution in [3.63, 3.8) is 0 Å². The number of rotatable bonds is 13. The molecule has 0 saturated heterocycles. The Kier molecular flexibility index (Phi) is 9.76. The van der Waals surface area contributed by atoms with Crippen molar-refractivity contribution in [1.29, 1.82) is 0 Å². The molecule has 0 amide bonds. The van der Waals surface area contributed by atoms with Crippen LogP contribution in [0.3, 0.4) is 0 Å². The fraction of sp³-hybridized carbons (Fsp3) is 0.486. The van der Waals surface area contributed by atoms with Crippen molar-refractivity contribution in [2.24, 2.45) is 11.1 Å². The van der Waals surface area contributed by atoms with Gasteiger partial charge in [0.05, 0.1) is 12.0 Å². The molecule has 5 nitrogen and oxygen atoms in total. The first-order valence-electron chi connectivity index (χ1n) is 16.1. The molecule has 0 bridgehead atoms. The monoisotopic (exact) mass is 567 g/mol. The number of benzene rings is 2. The molecule has 1 heterocycles. The molecule has 5 rings (SSSR count). The van der Waals surface area contributed by atoms with E-state index in [1.54, 1.807) is 18.4 Å². The molecule has 3 aromatic rings. The minimum absolute atomic E-state index is 0.0853. The summed E-state index contributed by atoms with van der Waals surface area (Å²) >= 11 is 0. The molecule has 222 valence electrons. The molecular formula is C37H45NO4. The number of hydrogen-bond acceptors (Lipinski definition) is 5. The molecule has 0 atom stereocenters. The van der Waals surface area contributed by atoms with Gasteiger partial charge in [-0.2, -0.15) is 0 Å². The Balaban J connectivity index is 1.58. The van der Waals surface area contributed by atoms with E-state index in [-0.39, 0.29) is 11.2 Å². The average molecular weight is 568 g/mol. The van der Waals surface area contributed by atoms with E-state index in [0.29, 0.717) is 17.2 Å². The Bertz CT molecular complexity index is 1400. The Labute approximate surface area is 250 Å². The molecule has 1 fully saturated rings. The molecule has 42 heavy (non-hydrogen) atoms. The minimum atomic E-state index is -0.396. The van der Waals surface area contributed by atoms with E-state index >= 15 is 0 Å². The Morgan fingerprint density at radius 1 is 0.905 bits per heavy atom. The lowest BCUT2D eigenvalue weighted by Gasteiger charge is -2.33. The Morgan fingerprint density at radius 2 is 1.55 bits per heavy atom. The Morgan fingerprint density at radius 3 is 2.14 bits per heavy atom. The molecule has 2 aliphatic carbocycles. The molecule has 2 aliphatic rings. The number of carbonyl (C=O) groups is 2. The standard InChI is InChI=1S/C37H45NO4/c1-4-6-21-37(22-7-5-2)32-24-28(34(38-42-26(3)39)20-15-27-12-9-8-10-13-27)16-18-30(32)31-19-17-29(25-33(31)37)36(40)35-14-11-23-41-35/h11,14,16-19,23-25,27H,4-10,12-13,15,20-22H2,1-3H3/b38-34-. The van der Waals surface area contributed by atoms with Crippen LogP contribution in [-0.2, 0) is 15.0 Å². The van der Waals surface area contributed by atoms with Crippen molar-refractivity contribution >= 4 is 17.5 Å². The van der Waals surface area contributed by atoms with Crippen molar-refractivity contribution in [3.8, 4) is 11.1 Å². The van der Waals surface area contributed by atoms with E-state index in [1.165, 1.54) is 61.3 Å². The van der Waals surface area contributed by atoms with Gasteiger partial charge in [-0.15, -0.1) is 0 Å². The third-order valence-electron chi connectivity index (χ3n) is 9.41.